The molecule has 3 heterocycles. The maximum absolute atomic E-state index is 5.51. The smallest absolute Gasteiger partial charge is 0.223 e. The van der Waals surface area contributed by atoms with Gasteiger partial charge in [0.2, 0.25) is 5.95 Å². The topological polar surface area (TPSA) is 89.3 Å². The predicted octanol–water partition coefficient (Wildman–Crippen LogP) is 2.87. The highest BCUT2D eigenvalue weighted by molar-refractivity contribution is 5.75. The van der Waals surface area contributed by atoms with Crippen LogP contribution in [0.1, 0.15) is 44.2 Å². The Morgan fingerprint density at radius 2 is 2.18 bits per heavy atom. The molecule has 0 aromatic carbocycles. The highest BCUT2D eigenvalue weighted by Gasteiger charge is 2.29. The van der Waals surface area contributed by atoms with Gasteiger partial charge in [-0.25, -0.2) is 19.5 Å². The van der Waals surface area contributed by atoms with E-state index in [-0.39, 0.29) is 6.04 Å². The molecular weight excluding hydrogens is 354 g/mol. The molecule has 0 radical (unpaired) electrons. The van der Waals surface area contributed by atoms with Crippen LogP contribution in [0.3, 0.4) is 0 Å². The van der Waals surface area contributed by atoms with Gasteiger partial charge in [-0.3, -0.25) is 0 Å². The maximum Gasteiger partial charge on any atom is 0.223 e. The summed E-state index contributed by atoms with van der Waals surface area (Å²) in [7, 11) is 3.64. The summed E-state index contributed by atoms with van der Waals surface area (Å²) in [6, 6.07) is 2.19. The molecule has 4 rings (SSSR count). The van der Waals surface area contributed by atoms with Crippen LogP contribution in [0.15, 0.2) is 24.7 Å². The van der Waals surface area contributed by atoms with E-state index in [4.69, 9.17) is 14.7 Å². The molecule has 2 N–H and O–H groups in total. The first-order chi connectivity index (χ1) is 13.7. The van der Waals surface area contributed by atoms with Crippen molar-refractivity contribution in [1.29, 1.82) is 0 Å². The van der Waals surface area contributed by atoms with Gasteiger partial charge in [0.05, 0.1) is 36.5 Å². The minimum absolute atomic E-state index is 0.290. The highest BCUT2D eigenvalue weighted by atomic mass is 16.5. The highest BCUT2D eigenvalue weighted by Crippen LogP contribution is 2.43. The predicted molar refractivity (Wildman–Crippen MR) is 109 cm³/mol. The van der Waals surface area contributed by atoms with Crippen molar-refractivity contribution < 1.29 is 4.74 Å². The molecule has 1 unspecified atom stereocenters. The molecule has 3 aromatic rings. The van der Waals surface area contributed by atoms with Gasteiger partial charge in [-0.05, 0) is 32.4 Å². The Bertz CT molecular complexity index is 945. The SMILES string of the molecule is CCCC(CNC)Nc1nccc(-c2cnn3cc(OC)c(C4CC4)nc23)n1. The lowest BCUT2D eigenvalue weighted by molar-refractivity contribution is 0.403. The molecule has 1 fully saturated rings. The van der Waals surface area contributed by atoms with Gasteiger partial charge < -0.3 is 15.4 Å². The number of hydrogen-bond donors (Lipinski definition) is 2. The zero-order valence-electron chi connectivity index (χ0n) is 16.6. The zero-order chi connectivity index (χ0) is 19.5. The number of rotatable bonds is 9. The van der Waals surface area contributed by atoms with E-state index in [1.807, 2.05) is 25.5 Å². The summed E-state index contributed by atoms with van der Waals surface area (Å²) >= 11 is 0. The lowest BCUT2D eigenvalue weighted by Gasteiger charge is -2.17. The van der Waals surface area contributed by atoms with Crippen molar-refractivity contribution in [1.82, 2.24) is 29.9 Å². The van der Waals surface area contributed by atoms with Crippen LogP contribution >= 0.6 is 0 Å². The van der Waals surface area contributed by atoms with Crippen molar-refractivity contribution in [2.75, 3.05) is 26.0 Å². The molecule has 8 nitrogen and oxygen atoms in total. The van der Waals surface area contributed by atoms with Crippen molar-refractivity contribution in [3.63, 3.8) is 0 Å². The Labute approximate surface area is 164 Å². The van der Waals surface area contributed by atoms with Crippen LogP contribution in [0.25, 0.3) is 16.9 Å². The summed E-state index contributed by atoms with van der Waals surface area (Å²) in [5.74, 6) is 1.91. The second kappa shape index (κ2) is 8.10. The first kappa shape index (κ1) is 18.6. The molecule has 8 heteroatoms. The molecule has 3 aromatic heterocycles. The Morgan fingerprint density at radius 3 is 2.89 bits per heavy atom. The number of likely N-dealkylation sites (N-methyl/N-ethyl adjacent to an activating group) is 1. The average molecular weight is 381 g/mol. The van der Waals surface area contributed by atoms with Crippen LogP contribution in [0.2, 0.25) is 0 Å². The van der Waals surface area contributed by atoms with E-state index in [0.29, 0.717) is 11.9 Å². The number of nitrogens with zero attached hydrogens (tertiary/aromatic N) is 5. The maximum atomic E-state index is 5.51. The van der Waals surface area contributed by atoms with Crippen LogP contribution in [0, 0.1) is 0 Å². The number of hydrogen-bond acceptors (Lipinski definition) is 7. The number of nitrogens with one attached hydrogen (secondary N) is 2. The molecule has 0 spiro atoms. The minimum Gasteiger partial charge on any atom is -0.493 e. The van der Waals surface area contributed by atoms with Crippen molar-refractivity contribution in [3.8, 4) is 17.0 Å². The van der Waals surface area contributed by atoms with Crippen molar-refractivity contribution >= 4 is 11.6 Å². The molecule has 1 aliphatic rings. The molecule has 1 aliphatic carbocycles. The Balaban J connectivity index is 1.67. The van der Waals surface area contributed by atoms with E-state index >= 15 is 0 Å². The van der Waals surface area contributed by atoms with E-state index in [9.17, 15) is 0 Å². The van der Waals surface area contributed by atoms with E-state index in [0.717, 1.165) is 60.6 Å². The Hall–Kier alpha value is -2.74. The first-order valence-corrected chi connectivity index (χ1v) is 9.90. The molecule has 0 aliphatic heterocycles. The summed E-state index contributed by atoms with van der Waals surface area (Å²) < 4.78 is 7.27. The Morgan fingerprint density at radius 1 is 1.32 bits per heavy atom. The van der Waals surface area contributed by atoms with Gasteiger partial charge in [-0.1, -0.05) is 13.3 Å². The Kier molecular flexibility index (Phi) is 5.38. The summed E-state index contributed by atoms with van der Waals surface area (Å²) in [4.78, 5) is 14.0. The summed E-state index contributed by atoms with van der Waals surface area (Å²) in [6.07, 6.45) is 9.97. The third-order valence-electron chi connectivity index (χ3n) is 5.02. The lowest BCUT2D eigenvalue weighted by atomic mass is 10.1. The van der Waals surface area contributed by atoms with Crippen LogP contribution in [-0.2, 0) is 0 Å². The zero-order valence-corrected chi connectivity index (χ0v) is 16.6. The summed E-state index contributed by atoms with van der Waals surface area (Å²) in [6.45, 7) is 3.04. The quantitative estimate of drug-likeness (QED) is 0.589. The van der Waals surface area contributed by atoms with Crippen LogP contribution in [-0.4, -0.2) is 51.3 Å². The van der Waals surface area contributed by atoms with Crippen LogP contribution in [0.5, 0.6) is 5.75 Å². The van der Waals surface area contributed by atoms with E-state index in [1.54, 1.807) is 17.8 Å². The normalized spacial score (nSPS) is 15.0. The fourth-order valence-electron chi connectivity index (χ4n) is 3.48. The number of methoxy groups -OCH3 is 1. The fourth-order valence-corrected chi connectivity index (χ4v) is 3.48. The van der Waals surface area contributed by atoms with E-state index < -0.39 is 0 Å². The number of anilines is 1. The molecule has 1 saturated carbocycles. The third kappa shape index (κ3) is 3.77. The van der Waals surface area contributed by atoms with Crippen LogP contribution < -0.4 is 15.4 Å². The number of ether oxygens (including phenoxy) is 1. The van der Waals surface area contributed by atoms with Gasteiger partial charge in [-0.2, -0.15) is 5.10 Å². The second-order valence-corrected chi connectivity index (χ2v) is 7.25. The van der Waals surface area contributed by atoms with Gasteiger partial charge >= 0.3 is 0 Å². The van der Waals surface area contributed by atoms with E-state index in [2.05, 4.69) is 27.6 Å². The molecule has 1 atom stereocenters. The van der Waals surface area contributed by atoms with Crippen molar-refractivity contribution in [3.05, 3.63) is 30.4 Å². The summed E-state index contributed by atoms with van der Waals surface area (Å²) in [5.41, 5.74) is 3.52. The molecule has 28 heavy (non-hydrogen) atoms. The number of fused-ring (bicyclic) bond motifs is 1. The fraction of sp³-hybridized carbons (Fsp3) is 0.500. The molecule has 0 amide bonds. The van der Waals surface area contributed by atoms with Crippen LogP contribution in [0.4, 0.5) is 5.95 Å². The molecule has 0 saturated heterocycles. The molecule has 0 bridgehead atoms. The minimum atomic E-state index is 0.290. The van der Waals surface area contributed by atoms with Gasteiger partial charge in [0.25, 0.3) is 0 Å². The lowest BCUT2D eigenvalue weighted by Crippen LogP contribution is -2.31. The van der Waals surface area contributed by atoms with Gasteiger partial charge in [0, 0.05) is 24.7 Å². The first-order valence-electron chi connectivity index (χ1n) is 9.90. The van der Waals surface area contributed by atoms with Gasteiger partial charge in [0.1, 0.15) is 0 Å². The summed E-state index contributed by atoms with van der Waals surface area (Å²) in [5, 5.41) is 11.1. The monoisotopic (exact) mass is 381 g/mol. The molecular formula is C20H27N7O. The van der Waals surface area contributed by atoms with Gasteiger partial charge in [-0.15, -0.1) is 0 Å². The average Bonchev–Trinajstić information content (AvgIpc) is 3.47. The standard InChI is InChI=1S/C20H27N7O/c1-4-5-14(10-21-2)24-20-22-9-8-16(25-20)15-11-23-27-12-17(28-3)18(13-6-7-13)26-19(15)27/h8-9,11-14,21H,4-7,10H2,1-3H3,(H,22,24,25). The van der Waals surface area contributed by atoms with Crippen molar-refractivity contribution in [2.24, 2.45) is 0 Å². The van der Waals surface area contributed by atoms with Gasteiger partial charge in [0.15, 0.2) is 11.4 Å². The second-order valence-electron chi connectivity index (χ2n) is 7.25. The third-order valence-corrected chi connectivity index (χ3v) is 5.02. The largest absolute Gasteiger partial charge is 0.493 e. The molecule has 148 valence electrons. The van der Waals surface area contributed by atoms with E-state index in [1.165, 1.54) is 0 Å². The van der Waals surface area contributed by atoms with Crippen molar-refractivity contribution in [2.45, 2.75) is 44.6 Å². The number of aromatic nitrogens is 5.